The molecule has 2 aromatic rings. The fourth-order valence-corrected chi connectivity index (χ4v) is 3.54. The molecule has 9 heteroatoms. The Hall–Kier alpha value is -2.68. The summed E-state index contributed by atoms with van der Waals surface area (Å²) in [6.45, 7) is 7.97. The molecule has 0 saturated carbocycles. The summed E-state index contributed by atoms with van der Waals surface area (Å²) in [5, 5.41) is 12.7. The third-order valence-electron chi connectivity index (χ3n) is 5.20. The highest BCUT2D eigenvalue weighted by Gasteiger charge is 2.27. The minimum absolute atomic E-state index is 0.103. The Kier molecular flexibility index (Phi) is 5.19. The molecule has 9 nitrogen and oxygen atoms in total. The van der Waals surface area contributed by atoms with Crippen molar-refractivity contribution in [1.29, 1.82) is 0 Å². The summed E-state index contributed by atoms with van der Waals surface area (Å²) in [5.74, 6) is 0.970. The average molecular weight is 371 g/mol. The predicted octanol–water partition coefficient (Wildman–Crippen LogP) is 0.420. The van der Waals surface area contributed by atoms with E-state index in [1.165, 1.54) is 0 Å². The van der Waals surface area contributed by atoms with Crippen molar-refractivity contribution in [2.75, 3.05) is 62.3 Å². The van der Waals surface area contributed by atoms with Crippen molar-refractivity contribution in [3.8, 4) is 0 Å². The molecule has 0 bridgehead atoms. The van der Waals surface area contributed by atoms with Crippen LogP contribution < -0.4 is 9.80 Å². The van der Waals surface area contributed by atoms with Gasteiger partial charge in [0.1, 0.15) is 6.04 Å². The first-order chi connectivity index (χ1) is 13.2. The molecule has 1 unspecified atom stereocenters. The number of carbonyl (C=O) groups excluding carboxylic acids is 1. The van der Waals surface area contributed by atoms with Gasteiger partial charge >= 0.3 is 0 Å². The van der Waals surface area contributed by atoms with Crippen LogP contribution in [0.25, 0.3) is 0 Å². The SMILES string of the molecule is CC(C(=O)N1CCN(c2cc(N3CCOCC3)cnn2)CC1)n1cccn1. The second-order valence-corrected chi connectivity index (χ2v) is 6.85. The maximum Gasteiger partial charge on any atom is 0.247 e. The third-order valence-corrected chi connectivity index (χ3v) is 5.20. The lowest BCUT2D eigenvalue weighted by atomic mass is 10.2. The van der Waals surface area contributed by atoms with Gasteiger partial charge in [0.2, 0.25) is 5.91 Å². The van der Waals surface area contributed by atoms with Crippen LogP contribution in [0.2, 0.25) is 0 Å². The summed E-state index contributed by atoms with van der Waals surface area (Å²) >= 11 is 0. The number of hydrogen-bond donors (Lipinski definition) is 0. The zero-order chi connectivity index (χ0) is 18.6. The largest absolute Gasteiger partial charge is 0.378 e. The van der Waals surface area contributed by atoms with E-state index in [0.29, 0.717) is 13.1 Å². The second-order valence-electron chi connectivity index (χ2n) is 6.85. The Labute approximate surface area is 158 Å². The molecule has 2 fully saturated rings. The van der Waals surface area contributed by atoms with Crippen LogP contribution in [-0.2, 0) is 9.53 Å². The lowest BCUT2D eigenvalue weighted by molar-refractivity contribution is -0.134. The van der Waals surface area contributed by atoms with Gasteiger partial charge in [-0.2, -0.15) is 10.2 Å². The molecule has 0 aliphatic carbocycles. The molecule has 0 aromatic carbocycles. The summed E-state index contributed by atoms with van der Waals surface area (Å²) in [5.41, 5.74) is 1.08. The molecule has 2 aromatic heterocycles. The van der Waals surface area contributed by atoms with Crippen LogP contribution >= 0.6 is 0 Å². The molecule has 1 atom stereocenters. The number of ether oxygens (including phenoxy) is 1. The molecule has 2 saturated heterocycles. The van der Waals surface area contributed by atoms with Crippen molar-refractivity contribution < 1.29 is 9.53 Å². The van der Waals surface area contributed by atoms with Gasteiger partial charge in [-0.25, -0.2) is 0 Å². The number of amides is 1. The van der Waals surface area contributed by atoms with Crippen molar-refractivity contribution in [3.05, 3.63) is 30.7 Å². The number of anilines is 2. The Morgan fingerprint density at radius 1 is 1.11 bits per heavy atom. The zero-order valence-electron chi connectivity index (χ0n) is 15.6. The molecule has 0 spiro atoms. The smallest absolute Gasteiger partial charge is 0.247 e. The van der Waals surface area contributed by atoms with Gasteiger partial charge in [0.25, 0.3) is 0 Å². The summed E-state index contributed by atoms with van der Waals surface area (Å²) in [6, 6.07) is 3.64. The summed E-state index contributed by atoms with van der Waals surface area (Å²) < 4.78 is 7.12. The average Bonchev–Trinajstić information content (AvgIpc) is 3.28. The number of carbonyl (C=O) groups is 1. The Morgan fingerprint density at radius 3 is 2.59 bits per heavy atom. The van der Waals surface area contributed by atoms with Gasteiger partial charge in [-0.3, -0.25) is 9.48 Å². The molecular weight excluding hydrogens is 346 g/mol. The monoisotopic (exact) mass is 371 g/mol. The topological polar surface area (TPSA) is 79.6 Å². The second kappa shape index (κ2) is 7.91. The van der Waals surface area contributed by atoms with E-state index in [-0.39, 0.29) is 11.9 Å². The highest BCUT2D eigenvalue weighted by Crippen LogP contribution is 2.21. The molecular formula is C18H25N7O2. The van der Waals surface area contributed by atoms with Gasteiger partial charge in [0.05, 0.1) is 25.1 Å². The highest BCUT2D eigenvalue weighted by molar-refractivity contribution is 5.80. The Bertz CT molecular complexity index is 753. The van der Waals surface area contributed by atoms with Crippen molar-refractivity contribution in [2.24, 2.45) is 0 Å². The van der Waals surface area contributed by atoms with Crippen molar-refractivity contribution in [2.45, 2.75) is 13.0 Å². The van der Waals surface area contributed by atoms with Crippen LogP contribution in [0.5, 0.6) is 0 Å². The van der Waals surface area contributed by atoms with Crippen molar-refractivity contribution in [3.63, 3.8) is 0 Å². The minimum Gasteiger partial charge on any atom is -0.378 e. The van der Waals surface area contributed by atoms with E-state index in [4.69, 9.17) is 4.74 Å². The fraction of sp³-hybridized carbons (Fsp3) is 0.556. The van der Waals surface area contributed by atoms with Crippen molar-refractivity contribution >= 4 is 17.4 Å². The fourth-order valence-electron chi connectivity index (χ4n) is 3.54. The molecule has 144 valence electrons. The molecule has 2 aliphatic rings. The quantitative estimate of drug-likeness (QED) is 0.771. The lowest BCUT2D eigenvalue weighted by Gasteiger charge is -2.36. The minimum atomic E-state index is -0.281. The molecule has 4 rings (SSSR count). The highest BCUT2D eigenvalue weighted by atomic mass is 16.5. The van der Waals surface area contributed by atoms with Gasteiger partial charge in [0, 0.05) is 57.7 Å². The Morgan fingerprint density at radius 2 is 1.89 bits per heavy atom. The predicted molar refractivity (Wildman–Crippen MR) is 101 cm³/mol. The van der Waals surface area contributed by atoms with E-state index in [9.17, 15) is 4.79 Å². The van der Waals surface area contributed by atoms with Crippen LogP contribution in [0.1, 0.15) is 13.0 Å². The number of rotatable bonds is 4. The van der Waals surface area contributed by atoms with Crippen LogP contribution in [-0.4, -0.2) is 83.3 Å². The molecule has 0 radical (unpaired) electrons. The molecule has 0 N–H and O–H groups in total. The van der Waals surface area contributed by atoms with Crippen LogP contribution in [0.3, 0.4) is 0 Å². The number of nitrogens with zero attached hydrogens (tertiary/aromatic N) is 7. The lowest BCUT2D eigenvalue weighted by Crippen LogP contribution is -2.50. The van der Waals surface area contributed by atoms with E-state index in [1.807, 2.05) is 24.1 Å². The normalized spacial score (nSPS) is 19.2. The van der Waals surface area contributed by atoms with Crippen LogP contribution in [0.4, 0.5) is 11.5 Å². The maximum absolute atomic E-state index is 12.7. The van der Waals surface area contributed by atoms with Crippen LogP contribution in [0.15, 0.2) is 30.7 Å². The van der Waals surface area contributed by atoms with E-state index >= 15 is 0 Å². The van der Waals surface area contributed by atoms with Gasteiger partial charge in [-0.05, 0) is 13.0 Å². The molecule has 2 aliphatic heterocycles. The first-order valence-corrected chi connectivity index (χ1v) is 9.40. The molecule has 4 heterocycles. The van der Waals surface area contributed by atoms with Gasteiger partial charge in [-0.15, -0.1) is 5.10 Å². The maximum atomic E-state index is 12.7. The zero-order valence-corrected chi connectivity index (χ0v) is 15.6. The first-order valence-electron chi connectivity index (χ1n) is 9.40. The number of piperazine rings is 1. The van der Waals surface area contributed by atoms with E-state index < -0.39 is 0 Å². The number of morpholine rings is 1. The van der Waals surface area contributed by atoms with Gasteiger partial charge < -0.3 is 19.4 Å². The van der Waals surface area contributed by atoms with E-state index in [0.717, 1.165) is 50.9 Å². The van der Waals surface area contributed by atoms with E-state index in [1.54, 1.807) is 17.1 Å². The standard InChI is InChI=1S/C18H25N7O2/c1-15(25-4-2-3-20-25)18(26)24-7-5-23(6-8-24)17-13-16(14-19-21-17)22-9-11-27-12-10-22/h2-4,13-15H,5-12H2,1H3. The number of aromatic nitrogens is 4. The van der Waals surface area contributed by atoms with Gasteiger partial charge in [-0.1, -0.05) is 0 Å². The molecule has 27 heavy (non-hydrogen) atoms. The summed E-state index contributed by atoms with van der Waals surface area (Å²) in [4.78, 5) is 19.1. The summed E-state index contributed by atoms with van der Waals surface area (Å²) in [6.07, 6.45) is 5.33. The van der Waals surface area contributed by atoms with Gasteiger partial charge in [0.15, 0.2) is 5.82 Å². The van der Waals surface area contributed by atoms with Crippen molar-refractivity contribution in [1.82, 2.24) is 24.9 Å². The summed E-state index contributed by atoms with van der Waals surface area (Å²) in [7, 11) is 0. The Balaban J connectivity index is 1.37. The first kappa shape index (κ1) is 17.7. The molecule has 1 amide bonds. The third kappa shape index (κ3) is 3.87. The van der Waals surface area contributed by atoms with E-state index in [2.05, 4.69) is 31.2 Å². The number of hydrogen-bond acceptors (Lipinski definition) is 7. The van der Waals surface area contributed by atoms with Crippen LogP contribution in [0, 0.1) is 0 Å².